The summed E-state index contributed by atoms with van der Waals surface area (Å²) < 4.78 is 20.8. The van der Waals surface area contributed by atoms with Gasteiger partial charge in [0, 0.05) is 7.11 Å². The molecule has 0 aromatic rings. The molecule has 0 saturated carbocycles. The first-order chi connectivity index (χ1) is 10.3. The molecule has 2 aliphatic heterocycles. The molecule has 0 amide bonds. The molecule has 10 atom stereocenters. The maximum Gasteiger partial charge on any atom is 0.188 e. The molecule has 0 aromatic carbocycles. The van der Waals surface area contributed by atoms with Crippen LogP contribution in [0.4, 0.5) is 0 Å². The van der Waals surface area contributed by atoms with Crippen molar-refractivity contribution >= 4 is 12.6 Å². The maximum absolute atomic E-state index is 10.1. The molecule has 2 rings (SSSR count). The van der Waals surface area contributed by atoms with Gasteiger partial charge in [-0.3, -0.25) is 0 Å². The van der Waals surface area contributed by atoms with E-state index in [2.05, 4.69) is 12.6 Å². The zero-order chi connectivity index (χ0) is 16.6. The van der Waals surface area contributed by atoms with Crippen LogP contribution >= 0.6 is 12.6 Å². The van der Waals surface area contributed by atoms with Crippen molar-refractivity contribution in [3.05, 3.63) is 0 Å². The van der Waals surface area contributed by atoms with E-state index in [0.717, 1.165) is 0 Å². The third-order valence-corrected chi connectivity index (χ3v) is 4.28. The summed E-state index contributed by atoms with van der Waals surface area (Å²) >= 11 is 3.93. The highest BCUT2D eigenvalue weighted by molar-refractivity contribution is 7.80. The van der Waals surface area contributed by atoms with E-state index < -0.39 is 60.7 Å². The molecule has 0 spiro atoms. The van der Waals surface area contributed by atoms with E-state index >= 15 is 0 Å². The predicted molar refractivity (Wildman–Crippen MR) is 73.9 cm³/mol. The zero-order valence-electron chi connectivity index (χ0n) is 12.1. The molecular weight excluding hydrogens is 320 g/mol. The van der Waals surface area contributed by atoms with Crippen LogP contribution < -0.4 is 0 Å². The van der Waals surface area contributed by atoms with Gasteiger partial charge in [-0.1, -0.05) is 0 Å². The lowest BCUT2D eigenvalue weighted by Gasteiger charge is -2.45. The average molecular weight is 342 g/mol. The Hall–Kier alpha value is -0.0100. The fourth-order valence-electron chi connectivity index (χ4n) is 2.45. The van der Waals surface area contributed by atoms with Gasteiger partial charge >= 0.3 is 0 Å². The fraction of sp³-hybridized carbons (Fsp3) is 1.00. The van der Waals surface area contributed by atoms with Crippen LogP contribution in [-0.4, -0.2) is 93.4 Å². The van der Waals surface area contributed by atoms with Crippen LogP contribution in [0, 0.1) is 0 Å². The van der Waals surface area contributed by atoms with E-state index in [-0.39, 0.29) is 0 Å². The van der Waals surface area contributed by atoms with E-state index in [9.17, 15) is 25.5 Å². The van der Waals surface area contributed by atoms with Gasteiger partial charge in [-0.05, 0) is 6.92 Å². The van der Waals surface area contributed by atoms with Gasteiger partial charge in [0.25, 0.3) is 0 Å². The van der Waals surface area contributed by atoms with Crippen LogP contribution in [0.1, 0.15) is 6.92 Å². The predicted octanol–water partition coefficient (Wildman–Crippen LogP) is -2.82. The minimum absolute atomic E-state index is 0.693. The Balaban J connectivity index is 2.10. The minimum Gasteiger partial charge on any atom is -0.388 e. The van der Waals surface area contributed by atoms with E-state index in [1.807, 2.05) is 0 Å². The number of aliphatic hydroxyl groups excluding tert-OH is 5. The Morgan fingerprint density at radius 3 is 2.05 bits per heavy atom. The van der Waals surface area contributed by atoms with E-state index in [0.29, 0.717) is 0 Å². The Labute approximate surface area is 132 Å². The van der Waals surface area contributed by atoms with Crippen molar-refractivity contribution in [2.75, 3.05) is 7.11 Å². The summed E-state index contributed by atoms with van der Waals surface area (Å²) in [5.74, 6) is 0. The fourth-order valence-corrected chi connectivity index (χ4v) is 2.75. The highest BCUT2D eigenvalue weighted by Gasteiger charge is 2.49. The van der Waals surface area contributed by atoms with Gasteiger partial charge < -0.3 is 44.5 Å². The quantitative estimate of drug-likeness (QED) is 0.300. The molecule has 10 heteroatoms. The molecule has 2 saturated heterocycles. The first-order valence-electron chi connectivity index (χ1n) is 6.85. The van der Waals surface area contributed by atoms with E-state index in [1.165, 1.54) is 7.11 Å². The molecule has 9 nitrogen and oxygen atoms in total. The number of rotatable bonds is 3. The largest absolute Gasteiger partial charge is 0.388 e. The summed E-state index contributed by atoms with van der Waals surface area (Å²) in [7, 11) is 1.32. The smallest absolute Gasteiger partial charge is 0.188 e. The SMILES string of the molecule is COC1OC(C)C(O)C(OC2OC(S)C(O)C(O)C2O)C1O. The number of hydrogen-bond donors (Lipinski definition) is 6. The number of ether oxygens (including phenoxy) is 4. The topological polar surface area (TPSA) is 138 Å². The lowest BCUT2D eigenvalue weighted by atomic mass is 9.99. The normalized spacial score (nSPS) is 53.5. The van der Waals surface area contributed by atoms with Gasteiger partial charge in [0.15, 0.2) is 12.6 Å². The average Bonchev–Trinajstić information content (AvgIpc) is 2.50. The standard InChI is InChI=1S/C12H22O9S/c1-3-4(13)9(8(17)10(18-2)19-3)20-11-6(15)5(14)7(16)12(22)21-11/h3-17,22H,1-2H3. The first-order valence-corrected chi connectivity index (χ1v) is 7.37. The Kier molecular flexibility index (Phi) is 6.05. The molecule has 2 fully saturated rings. The van der Waals surface area contributed by atoms with Crippen molar-refractivity contribution in [1.82, 2.24) is 0 Å². The molecule has 0 radical (unpaired) electrons. The minimum atomic E-state index is -1.57. The second kappa shape index (κ2) is 7.26. The second-order valence-corrected chi connectivity index (χ2v) is 5.90. The van der Waals surface area contributed by atoms with Crippen molar-refractivity contribution in [2.24, 2.45) is 0 Å². The Morgan fingerprint density at radius 1 is 0.818 bits per heavy atom. The Morgan fingerprint density at radius 2 is 1.45 bits per heavy atom. The van der Waals surface area contributed by atoms with Gasteiger partial charge in [0.1, 0.15) is 42.1 Å². The van der Waals surface area contributed by atoms with Crippen molar-refractivity contribution in [2.45, 2.75) is 67.7 Å². The number of hydrogen-bond acceptors (Lipinski definition) is 10. The van der Waals surface area contributed by atoms with Crippen LogP contribution in [0.3, 0.4) is 0 Å². The van der Waals surface area contributed by atoms with Crippen LogP contribution in [0.15, 0.2) is 0 Å². The van der Waals surface area contributed by atoms with Crippen LogP contribution in [0.25, 0.3) is 0 Å². The first kappa shape index (κ1) is 18.3. The molecule has 0 bridgehead atoms. The lowest BCUT2D eigenvalue weighted by Crippen LogP contribution is -2.63. The summed E-state index contributed by atoms with van der Waals surface area (Å²) in [6, 6.07) is 0. The van der Waals surface area contributed by atoms with E-state index in [1.54, 1.807) is 6.92 Å². The molecule has 2 aliphatic rings. The zero-order valence-corrected chi connectivity index (χ0v) is 13.0. The highest BCUT2D eigenvalue weighted by Crippen LogP contribution is 2.29. The summed E-state index contributed by atoms with van der Waals surface area (Å²) in [6.07, 6.45) is -11.3. The van der Waals surface area contributed by atoms with E-state index in [4.69, 9.17) is 18.9 Å². The Bertz CT molecular complexity index is 373. The van der Waals surface area contributed by atoms with Gasteiger partial charge in [-0.2, -0.15) is 0 Å². The molecule has 0 aliphatic carbocycles. The molecule has 5 N–H and O–H groups in total. The van der Waals surface area contributed by atoms with Gasteiger partial charge in [-0.15, -0.1) is 12.6 Å². The van der Waals surface area contributed by atoms with Crippen molar-refractivity contribution in [1.29, 1.82) is 0 Å². The number of thiol groups is 1. The van der Waals surface area contributed by atoms with Crippen molar-refractivity contribution < 1.29 is 44.5 Å². The monoisotopic (exact) mass is 342 g/mol. The molecule has 10 unspecified atom stereocenters. The lowest BCUT2D eigenvalue weighted by molar-refractivity contribution is -0.345. The molecule has 130 valence electrons. The van der Waals surface area contributed by atoms with Crippen LogP contribution in [0.2, 0.25) is 0 Å². The van der Waals surface area contributed by atoms with Crippen LogP contribution in [0.5, 0.6) is 0 Å². The third kappa shape index (κ3) is 3.41. The summed E-state index contributed by atoms with van der Waals surface area (Å²) in [6.45, 7) is 1.57. The van der Waals surface area contributed by atoms with Gasteiger partial charge in [0.05, 0.1) is 6.10 Å². The molecular formula is C12H22O9S. The van der Waals surface area contributed by atoms with Crippen LogP contribution in [-0.2, 0) is 18.9 Å². The summed E-state index contributed by atoms with van der Waals surface area (Å²) in [4.78, 5) is 0. The van der Waals surface area contributed by atoms with Gasteiger partial charge in [0.2, 0.25) is 0 Å². The molecule has 2 heterocycles. The second-order valence-electron chi connectivity index (χ2n) is 5.39. The number of methoxy groups -OCH3 is 1. The summed E-state index contributed by atoms with van der Waals surface area (Å²) in [5.41, 5.74) is -1.09. The van der Waals surface area contributed by atoms with Gasteiger partial charge in [-0.25, -0.2) is 0 Å². The summed E-state index contributed by atoms with van der Waals surface area (Å²) in [5, 5.41) is 49.4. The highest BCUT2D eigenvalue weighted by atomic mass is 32.1. The maximum atomic E-state index is 10.1. The molecule has 22 heavy (non-hydrogen) atoms. The van der Waals surface area contributed by atoms with Crippen molar-refractivity contribution in [3.63, 3.8) is 0 Å². The molecule has 0 aromatic heterocycles. The third-order valence-electron chi connectivity index (χ3n) is 3.85. The number of aliphatic hydroxyl groups is 5. The van der Waals surface area contributed by atoms with Crippen molar-refractivity contribution in [3.8, 4) is 0 Å².